The van der Waals surface area contributed by atoms with Gasteiger partial charge in [0.2, 0.25) is 0 Å². The quantitative estimate of drug-likeness (QED) is 0.677. The molecule has 3 heteroatoms. The maximum Gasteiger partial charge on any atom is 0.148 e. The van der Waals surface area contributed by atoms with Crippen LogP contribution >= 0.6 is 11.3 Å². The van der Waals surface area contributed by atoms with Crippen molar-refractivity contribution in [3.05, 3.63) is 59.1 Å². The van der Waals surface area contributed by atoms with Crippen LogP contribution in [0.4, 0.5) is 0 Å². The molecule has 0 fully saturated rings. The molecule has 0 spiro atoms. The Morgan fingerprint density at radius 2 is 1.84 bits per heavy atom. The van der Waals surface area contributed by atoms with Gasteiger partial charge in [0.25, 0.3) is 0 Å². The van der Waals surface area contributed by atoms with Crippen LogP contribution < -0.4 is 0 Å². The SMILES string of the molecule is C=C/C=C(\C=C/C)c1nnc(C(/C=C\CC)=C/C)s1. The molecule has 0 N–H and O–H groups in total. The van der Waals surface area contributed by atoms with E-state index in [0.29, 0.717) is 0 Å². The molecular weight excluding hydrogens is 252 g/mol. The van der Waals surface area contributed by atoms with Crippen molar-refractivity contribution in [2.75, 3.05) is 0 Å². The van der Waals surface area contributed by atoms with Crippen LogP contribution in [-0.2, 0) is 0 Å². The monoisotopic (exact) mass is 272 g/mol. The van der Waals surface area contributed by atoms with Crippen molar-refractivity contribution in [3.63, 3.8) is 0 Å². The Hall–Kier alpha value is -1.74. The van der Waals surface area contributed by atoms with Crippen molar-refractivity contribution in [1.29, 1.82) is 0 Å². The molecule has 0 atom stereocenters. The number of aromatic nitrogens is 2. The number of rotatable bonds is 6. The lowest BCUT2D eigenvalue weighted by Gasteiger charge is -1.94. The van der Waals surface area contributed by atoms with Crippen LogP contribution in [0.1, 0.15) is 37.2 Å². The van der Waals surface area contributed by atoms with Crippen molar-refractivity contribution < 1.29 is 0 Å². The van der Waals surface area contributed by atoms with Crippen LogP contribution in [0.15, 0.2) is 49.1 Å². The first-order valence-electron chi connectivity index (χ1n) is 6.39. The first-order chi connectivity index (χ1) is 9.26. The van der Waals surface area contributed by atoms with E-state index in [1.165, 1.54) is 0 Å². The second-order valence-corrected chi connectivity index (χ2v) is 4.80. The molecule has 2 nitrogen and oxygen atoms in total. The maximum atomic E-state index is 4.27. The maximum absolute atomic E-state index is 4.27. The Balaban J connectivity index is 3.07. The van der Waals surface area contributed by atoms with E-state index < -0.39 is 0 Å². The van der Waals surface area contributed by atoms with E-state index in [9.17, 15) is 0 Å². The molecule has 0 saturated carbocycles. The second-order valence-electron chi connectivity index (χ2n) is 3.82. The average Bonchev–Trinajstić information content (AvgIpc) is 2.89. The zero-order chi connectivity index (χ0) is 14.1. The van der Waals surface area contributed by atoms with Crippen LogP contribution in [0.2, 0.25) is 0 Å². The molecule has 0 unspecified atom stereocenters. The molecule has 0 saturated heterocycles. The van der Waals surface area contributed by atoms with Crippen molar-refractivity contribution in [2.45, 2.75) is 27.2 Å². The Kier molecular flexibility index (Phi) is 6.75. The number of allylic oxidation sites excluding steroid dienone is 9. The molecule has 0 aliphatic heterocycles. The second kappa shape index (κ2) is 8.38. The van der Waals surface area contributed by atoms with E-state index in [0.717, 1.165) is 27.6 Å². The van der Waals surface area contributed by atoms with Gasteiger partial charge in [-0.2, -0.15) is 0 Å². The minimum Gasteiger partial charge on any atom is -0.138 e. The van der Waals surface area contributed by atoms with Gasteiger partial charge in [-0.25, -0.2) is 0 Å². The van der Waals surface area contributed by atoms with Crippen LogP contribution in [0.25, 0.3) is 11.1 Å². The predicted octanol–water partition coefficient (Wildman–Crippen LogP) is 5.05. The first kappa shape index (κ1) is 15.3. The Bertz CT molecular complexity index is 531. The van der Waals surface area contributed by atoms with E-state index in [1.54, 1.807) is 17.4 Å². The molecule has 0 aliphatic rings. The lowest BCUT2D eigenvalue weighted by Crippen LogP contribution is -1.80. The number of hydrogen-bond acceptors (Lipinski definition) is 3. The minimum atomic E-state index is 0.914. The zero-order valence-electron chi connectivity index (χ0n) is 11.8. The summed E-state index contributed by atoms with van der Waals surface area (Å²) in [6.07, 6.45) is 15.0. The Morgan fingerprint density at radius 3 is 2.37 bits per heavy atom. The van der Waals surface area contributed by atoms with Crippen molar-refractivity contribution in [2.24, 2.45) is 0 Å². The molecule has 0 amide bonds. The standard InChI is InChI=1S/C16H20N2S/c1-5-9-12-13(8-4)15-17-18-16(19-15)14(10-6-2)11-7-3/h6-12H,2,5H2,1,3-4H3/b11-7-,12-9-,13-8+,14-10+. The molecule has 1 rings (SSSR count). The fourth-order valence-electron chi connectivity index (χ4n) is 1.50. The van der Waals surface area contributed by atoms with E-state index in [2.05, 4.69) is 41.9 Å². The Morgan fingerprint density at radius 1 is 1.16 bits per heavy atom. The molecule has 1 aromatic rings. The van der Waals surface area contributed by atoms with Crippen molar-refractivity contribution in [3.8, 4) is 0 Å². The van der Waals surface area contributed by atoms with E-state index >= 15 is 0 Å². The van der Waals surface area contributed by atoms with Gasteiger partial charge in [-0.05, 0) is 20.3 Å². The van der Waals surface area contributed by atoms with Crippen LogP contribution in [-0.4, -0.2) is 10.2 Å². The van der Waals surface area contributed by atoms with Gasteiger partial charge in [-0.3, -0.25) is 0 Å². The summed E-state index contributed by atoms with van der Waals surface area (Å²) in [5.74, 6) is 0. The number of hydrogen-bond donors (Lipinski definition) is 0. The summed E-state index contributed by atoms with van der Waals surface area (Å²) in [7, 11) is 0. The van der Waals surface area contributed by atoms with Crippen molar-refractivity contribution in [1.82, 2.24) is 10.2 Å². The molecular formula is C16H20N2S. The van der Waals surface area contributed by atoms with Gasteiger partial charge in [0.05, 0.1) is 0 Å². The average molecular weight is 272 g/mol. The largest absolute Gasteiger partial charge is 0.148 e. The highest BCUT2D eigenvalue weighted by Crippen LogP contribution is 2.26. The van der Waals surface area contributed by atoms with Crippen LogP contribution in [0.3, 0.4) is 0 Å². The molecule has 1 heterocycles. The van der Waals surface area contributed by atoms with E-state index in [1.807, 2.05) is 32.1 Å². The molecule has 0 radical (unpaired) electrons. The summed E-state index contributed by atoms with van der Waals surface area (Å²) < 4.78 is 0. The third kappa shape index (κ3) is 4.45. The highest BCUT2D eigenvalue weighted by atomic mass is 32.1. The summed E-state index contributed by atoms with van der Waals surface area (Å²) in [5, 5.41) is 10.4. The lowest BCUT2D eigenvalue weighted by atomic mass is 10.2. The van der Waals surface area contributed by atoms with Gasteiger partial charge in [0, 0.05) is 11.1 Å². The third-order valence-corrected chi connectivity index (χ3v) is 3.43. The molecule has 0 aromatic carbocycles. The minimum absolute atomic E-state index is 0.914. The van der Waals surface area contributed by atoms with Gasteiger partial charge >= 0.3 is 0 Å². The summed E-state index contributed by atoms with van der Waals surface area (Å²) >= 11 is 1.59. The summed E-state index contributed by atoms with van der Waals surface area (Å²) in [6, 6.07) is 0. The summed E-state index contributed by atoms with van der Waals surface area (Å²) in [5.41, 5.74) is 2.15. The van der Waals surface area contributed by atoms with Crippen molar-refractivity contribution >= 4 is 22.5 Å². The van der Waals surface area contributed by atoms with Gasteiger partial charge in [0.1, 0.15) is 10.0 Å². The fraction of sp³-hybridized carbons (Fsp3) is 0.250. The van der Waals surface area contributed by atoms with E-state index in [-0.39, 0.29) is 0 Å². The highest BCUT2D eigenvalue weighted by Gasteiger charge is 2.08. The third-order valence-electron chi connectivity index (χ3n) is 2.41. The predicted molar refractivity (Wildman–Crippen MR) is 86.0 cm³/mol. The smallest absolute Gasteiger partial charge is 0.138 e. The fourth-order valence-corrected chi connectivity index (χ4v) is 2.40. The summed E-state index contributed by atoms with van der Waals surface area (Å²) in [6.45, 7) is 9.85. The Labute approximate surface area is 119 Å². The highest BCUT2D eigenvalue weighted by molar-refractivity contribution is 7.13. The molecule has 0 aliphatic carbocycles. The number of nitrogens with zero attached hydrogens (tertiary/aromatic N) is 2. The summed E-state index contributed by atoms with van der Waals surface area (Å²) in [4.78, 5) is 0. The molecule has 19 heavy (non-hydrogen) atoms. The topological polar surface area (TPSA) is 25.8 Å². The molecule has 0 bridgehead atoms. The lowest BCUT2D eigenvalue weighted by molar-refractivity contribution is 1.06. The van der Waals surface area contributed by atoms with E-state index in [4.69, 9.17) is 0 Å². The van der Waals surface area contributed by atoms with Crippen LogP contribution in [0.5, 0.6) is 0 Å². The first-order valence-corrected chi connectivity index (χ1v) is 7.20. The van der Waals surface area contributed by atoms with Crippen LogP contribution in [0, 0.1) is 0 Å². The van der Waals surface area contributed by atoms with Gasteiger partial charge in [0.15, 0.2) is 0 Å². The molecule has 100 valence electrons. The van der Waals surface area contributed by atoms with Gasteiger partial charge in [-0.1, -0.05) is 67.4 Å². The van der Waals surface area contributed by atoms with Gasteiger partial charge < -0.3 is 0 Å². The zero-order valence-corrected chi connectivity index (χ0v) is 12.6. The van der Waals surface area contributed by atoms with Gasteiger partial charge in [-0.15, -0.1) is 10.2 Å². The molecule has 1 aromatic heterocycles. The normalized spacial score (nSPS) is 13.6.